The molecule has 2 heterocycles. The summed E-state index contributed by atoms with van der Waals surface area (Å²) in [7, 11) is -3.63. The highest BCUT2D eigenvalue weighted by Crippen LogP contribution is 2.55. The summed E-state index contributed by atoms with van der Waals surface area (Å²) in [5.41, 5.74) is 2.24. The van der Waals surface area contributed by atoms with Gasteiger partial charge in [-0.25, -0.2) is 18.4 Å². The third kappa shape index (κ3) is 4.88. The summed E-state index contributed by atoms with van der Waals surface area (Å²) in [5, 5.41) is 7.12. The molecule has 2 N–H and O–H groups in total. The van der Waals surface area contributed by atoms with Crippen molar-refractivity contribution >= 4 is 38.7 Å². The molecule has 10 heteroatoms. The first kappa shape index (κ1) is 25.2. The summed E-state index contributed by atoms with van der Waals surface area (Å²) in [5.74, 6) is 1.24. The SMILES string of the molecule is C[C@H]1COCCN1c1cc(C2(S(=O)(=O)c3ccccc3)CC2)nc(-c2ccc(NC(=S)NC3CC3)cc2)n1. The van der Waals surface area contributed by atoms with Gasteiger partial charge in [0.1, 0.15) is 10.6 Å². The van der Waals surface area contributed by atoms with Crippen LogP contribution in [0.25, 0.3) is 11.4 Å². The molecule has 0 unspecified atom stereocenters. The van der Waals surface area contributed by atoms with E-state index >= 15 is 0 Å². The average molecular weight is 550 g/mol. The zero-order chi connectivity index (χ0) is 26.3. The van der Waals surface area contributed by atoms with Gasteiger partial charge in [0.2, 0.25) is 0 Å². The number of nitrogens with zero attached hydrogens (tertiary/aromatic N) is 3. The molecule has 2 aliphatic carbocycles. The van der Waals surface area contributed by atoms with Crippen molar-refractivity contribution in [2.45, 2.75) is 54.3 Å². The highest BCUT2D eigenvalue weighted by atomic mass is 32.2. The largest absolute Gasteiger partial charge is 0.377 e. The van der Waals surface area contributed by atoms with Crippen LogP contribution < -0.4 is 15.5 Å². The van der Waals surface area contributed by atoms with Crippen LogP contribution in [0.15, 0.2) is 65.6 Å². The van der Waals surface area contributed by atoms with Crippen molar-refractivity contribution in [3.63, 3.8) is 0 Å². The molecule has 0 radical (unpaired) electrons. The van der Waals surface area contributed by atoms with Crippen LogP contribution in [0, 0.1) is 0 Å². The zero-order valence-electron chi connectivity index (χ0n) is 21.3. The molecule has 1 aromatic heterocycles. The Hall–Kier alpha value is -3.08. The van der Waals surface area contributed by atoms with E-state index in [2.05, 4.69) is 22.5 Å². The van der Waals surface area contributed by atoms with Crippen LogP contribution in [-0.4, -0.2) is 55.3 Å². The van der Waals surface area contributed by atoms with Gasteiger partial charge in [-0.1, -0.05) is 18.2 Å². The molecule has 8 nitrogen and oxygen atoms in total. The van der Waals surface area contributed by atoms with Crippen LogP contribution in [0.4, 0.5) is 11.5 Å². The van der Waals surface area contributed by atoms with E-state index in [1.165, 1.54) is 0 Å². The average Bonchev–Trinajstić information content (AvgIpc) is 3.85. The summed E-state index contributed by atoms with van der Waals surface area (Å²) in [6.07, 6.45) is 3.38. The zero-order valence-corrected chi connectivity index (χ0v) is 22.9. The van der Waals surface area contributed by atoms with Gasteiger partial charge in [-0.2, -0.15) is 0 Å². The Bertz CT molecular complexity index is 1440. The molecular weight excluding hydrogens is 518 g/mol. The third-order valence-corrected chi connectivity index (χ3v) is 10.2. The number of nitrogens with one attached hydrogen (secondary N) is 2. The fourth-order valence-electron chi connectivity index (χ4n) is 4.90. The number of rotatable bonds is 7. The molecular formula is C28H31N5O3S2. The molecule has 3 aliphatic rings. The maximum Gasteiger partial charge on any atom is 0.189 e. The lowest BCUT2D eigenvalue weighted by molar-refractivity contribution is 0.0985. The number of anilines is 2. The van der Waals surface area contributed by atoms with E-state index < -0.39 is 14.6 Å². The van der Waals surface area contributed by atoms with Gasteiger partial charge in [-0.3, -0.25) is 0 Å². The number of morpholine rings is 1. The van der Waals surface area contributed by atoms with Crippen molar-refractivity contribution in [1.29, 1.82) is 0 Å². The number of thiocarbonyl (C=S) groups is 1. The first-order chi connectivity index (χ1) is 18.4. The van der Waals surface area contributed by atoms with Crippen LogP contribution in [0.5, 0.6) is 0 Å². The van der Waals surface area contributed by atoms with Crippen LogP contribution >= 0.6 is 12.2 Å². The van der Waals surface area contributed by atoms with E-state index in [0.717, 1.165) is 29.9 Å². The van der Waals surface area contributed by atoms with Crippen molar-refractivity contribution in [2.75, 3.05) is 30.0 Å². The molecule has 6 rings (SSSR count). The van der Waals surface area contributed by atoms with Gasteiger partial charge in [0.15, 0.2) is 20.8 Å². The second kappa shape index (κ2) is 9.91. The molecule has 3 fully saturated rings. The maximum absolute atomic E-state index is 13.8. The predicted molar refractivity (Wildman–Crippen MR) is 152 cm³/mol. The molecule has 1 saturated heterocycles. The number of hydrogen-bond donors (Lipinski definition) is 2. The number of aromatic nitrogens is 2. The molecule has 38 heavy (non-hydrogen) atoms. The molecule has 3 aromatic rings. The van der Waals surface area contributed by atoms with Gasteiger partial charge < -0.3 is 20.3 Å². The first-order valence-electron chi connectivity index (χ1n) is 13.1. The Morgan fingerprint density at radius 1 is 1.08 bits per heavy atom. The fraction of sp³-hybridized carbons (Fsp3) is 0.393. The molecule has 0 amide bonds. The van der Waals surface area contributed by atoms with Gasteiger partial charge in [-0.15, -0.1) is 0 Å². The molecule has 0 bridgehead atoms. The number of hydrogen-bond acceptors (Lipinski definition) is 7. The second-order valence-electron chi connectivity index (χ2n) is 10.3. The van der Waals surface area contributed by atoms with Crippen LogP contribution in [0.2, 0.25) is 0 Å². The highest BCUT2D eigenvalue weighted by Gasteiger charge is 2.58. The summed E-state index contributed by atoms with van der Waals surface area (Å²) in [6, 6.07) is 18.9. The lowest BCUT2D eigenvalue weighted by Crippen LogP contribution is -2.44. The van der Waals surface area contributed by atoms with Crippen LogP contribution in [0.1, 0.15) is 38.3 Å². The maximum atomic E-state index is 13.8. The minimum Gasteiger partial charge on any atom is -0.377 e. The van der Waals surface area contributed by atoms with E-state index in [1.807, 2.05) is 36.4 Å². The minimum atomic E-state index is -3.63. The van der Waals surface area contributed by atoms with Crippen molar-refractivity contribution < 1.29 is 13.2 Å². The standard InChI is InChI=1S/C28H31N5O3S2/c1-19-18-36-16-15-33(19)25-17-24(28(13-14-28)38(34,35)23-5-3-2-4-6-23)31-26(32-25)20-7-9-21(10-8-20)29-27(37)30-22-11-12-22/h2-10,17,19,22H,11-16,18H2,1H3,(H2,29,30,37)/t19-/m0/s1. The normalized spacial score (nSPS) is 20.6. The monoisotopic (exact) mass is 549 g/mol. The molecule has 0 spiro atoms. The fourth-order valence-corrected chi connectivity index (χ4v) is 7.17. The van der Waals surface area contributed by atoms with Crippen LogP contribution in [0.3, 0.4) is 0 Å². The lowest BCUT2D eigenvalue weighted by Gasteiger charge is -2.34. The second-order valence-corrected chi connectivity index (χ2v) is 13.0. The molecule has 2 aromatic carbocycles. The van der Waals surface area contributed by atoms with Crippen LogP contribution in [-0.2, 0) is 19.3 Å². The summed E-state index contributed by atoms with van der Waals surface area (Å²) in [4.78, 5) is 12.3. The Morgan fingerprint density at radius 2 is 1.82 bits per heavy atom. The lowest BCUT2D eigenvalue weighted by atomic mass is 10.1. The number of sulfone groups is 1. The Labute approximate surface area is 228 Å². The molecule has 198 valence electrons. The molecule has 1 atom stereocenters. The number of ether oxygens (including phenoxy) is 1. The van der Waals surface area contributed by atoms with E-state index in [9.17, 15) is 8.42 Å². The topological polar surface area (TPSA) is 96.5 Å². The first-order valence-corrected chi connectivity index (χ1v) is 15.0. The third-order valence-electron chi connectivity index (χ3n) is 7.43. The number of benzene rings is 2. The quantitative estimate of drug-likeness (QED) is 0.419. The van der Waals surface area contributed by atoms with Gasteiger partial charge in [0.05, 0.1) is 29.8 Å². The van der Waals surface area contributed by atoms with Crippen molar-refractivity contribution in [2.24, 2.45) is 0 Å². The summed E-state index contributed by atoms with van der Waals surface area (Å²) < 4.78 is 32.2. The highest BCUT2D eigenvalue weighted by molar-refractivity contribution is 7.92. The van der Waals surface area contributed by atoms with E-state index in [1.54, 1.807) is 24.3 Å². The Balaban J connectivity index is 1.37. The summed E-state index contributed by atoms with van der Waals surface area (Å²) in [6.45, 7) is 3.97. The minimum absolute atomic E-state index is 0.117. The van der Waals surface area contributed by atoms with Gasteiger partial charge in [-0.05, 0) is 81.2 Å². The molecule has 2 saturated carbocycles. The van der Waals surface area contributed by atoms with Crippen molar-refractivity contribution in [3.05, 3.63) is 66.4 Å². The molecule has 1 aliphatic heterocycles. The van der Waals surface area contributed by atoms with Gasteiger partial charge >= 0.3 is 0 Å². The predicted octanol–water partition coefficient (Wildman–Crippen LogP) is 4.28. The van der Waals surface area contributed by atoms with Gasteiger partial charge in [0.25, 0.3) is 0 Å². The van der Waals surface area contributed by atoms with Crippen molar-refractivity contribution in [1.82, 2.24) is 15.3 Å². The Morgan fingerprint density at radius 3 is 2.47 bits per heavy atom. The van der Waals surface area contributed by atoms with Crippen molar-refractivity contribution in [3.8, 4) is 11.4 Å². The van der Waals surface area contributed by atoms with E-state index in [0.29, 0.717) is 60.2 Å². The Kier molecular flexibility index (Phi) is 6.57. The van der Waals surface area contributed by atoms with E-state index in [4.69, 9.17) is 26.9 Å². The smallest absolute Gasteiger partial charge is 0.189 e. The van der Waals surface area contributed by atoms with Gasteiger partial charge in [0, 0.05) is 29.9 Å². The van der Waals surface area contributed by atoms with E-state index in [-0.39, 0.29) is 6.04 Å². The summed E-state index contributed by atoms with van der Waals surface area (Å²) >= 11 is 5.40.